The molecule has 0 radical (unpaired) electrons. The van der Waals surface area contributed by atoms with Crippen LogP contribution in [-0.2, 0) is 0 Å². The maximum atomic E-state index is 11.9. The number of carbonyl (C=O) groups is 1. The second-order valence-electron chi connectivity index (χ2n) is 4.25. The van der Waals surface area contributed by atoms with Gasteiger partial charge in [-0.2, -0.15) is 0 Å². The third-order valence-corrected chi connectivity index (χ3v) is 4.13. The Morgan fingerprint density at radius 3 is 2.56 bits per heavy atom. The summed E-state index contributed by atoms with van der Waals surface area (Å²) in [5.41, 5.74) is 0.743. The average Bonchev–Trinajstić information content (AvgIpc) is 2.33. The number of carbonyl (C=O) groups excluding carboxylic acids is 1. The largest absolute Gasteiger partial charge is 0.348 e. The van der Waals surface area contributed by atoms with Crippen LogP contribution in [0, 0.1) is 0 Å². The minimum atomic E-state index is 0.0388. The van der Waals surface area contributed by atoms with E-state index in [1.165, 1.54) is 12.8 Å². The van der Waals surface area contributed by atoms with E-state index in [0.717, 1.165) is 18.4 Å². The first-order valence-corrected chi connectivity index (χ1v) is 6.69. The minimum absolute atomic E-state index is 0.0388. The third kappa shape index (κ3) is 2.85. The van der Waals surface area contributed by atoms with Gasteiger partial charge in [0.1, 0.15) is 0 Å². The number of alkyl halides is 1. The molecule has 16 heavy (non-hydrogen) atoms. The van der Waals surface area contributed by atoms with Crippen LogP contribution in [0.2, 0.25) is 0 Å². The molecule has 2 atom stereocenters. The van der Waals surface area contributed by atoms with Gasteiger partial charge in [0, 0.05) is 16.4 Å². The summed E-state index contributed by atoms with van der Waals surface area (Å²) in [5.74, 6) is 0.0388. The molecule has 1 aromatic rings. The molecule has 2 rings (SSSR count). The van der Waals surface area contributed by atoms with Gasteiger partial charge < -0.3 is 5.32 Å². The quantitative estimate of drug-likeness (QED) is 0.830. The number of rotatable bonds is 2. The number of hydrogen-bond donors (Lipinski definition) is 1. The van der Waals surface area contributed by atoms with Crippen molar-refractivity contribution in [3.8, 4) is 0 Å². The zero-order chi connectivity index (χ0) is 11.4. The molecule has 0 heterocycles. The molecule has 86 valence electrons. The standard InChI is InChI=1S/C13H16BrNO/c14-11-8-4-5-9-12(11)15-13(16)10-6-2-1-3-7-10/h1-3,6-7,11-12H,4-5,8-9H2,(H,15,16)/t11-,12?/m0/s1. The molecule has 1 fully saturated rings. The van der Waals surface area contributed by atoms with E-state index in [9.17, 15) is 4.79 Å². The van der Waals surface area contributed by atoms with Crippen molar-refractivity contribution in [3.05, 3.63) is 35.9 Å². The Bertz CT molecular complexity index is 352. The molecular formula is C13H16BrNO. The van der Waals surface area contributed by atoms with Gasteiger partial charge in [0.15, 0.2) is 0 Å². The van der Waals surface area contributed by atoms with Crippen LogP contribution in [0.5, 0.6) is 0 Å². The van der Waals surface area contributed by atoms with Crippen molar-refractivity contribution in [2.24, 2.45) is 0 Å². The first kappa shape index (κ1) is 11.6. The van der Waals surface area contributed by atoms with E-state index in [0.29, 0.717) is 4.83 Å². The van der Waals surface area contributed by atoms with Crippen LogP contribution in [0.15, 0.2) is 30.3 Å². The molecule has 0 aromatic heterocycles. The van der Waals surface area contributed by atoms with Crippen LogP contribution in [0.4, 0.5) is 0 Å². The summed E-state index contributed by atoms with van der Waals surface area (Å²) in [6.07, 6.45) is 4.70. The minimum Gasteiger partial charge on any atom is -0.348 e. The predicted molar refractivity (Wildman–Crippen MR) is 68.9 cm³/mol. The molecule has 0 aliphatic heterocycles. The van der Waals surface area contributed by atoms with E-state index >= 15 is 0 Å². The summed E-state index contributed by atoms with van der Waals surface area (Å²) in [6, 6.07) is 9.68. The van der Waals surface area contributed by atoms with Crippen LogP contribution in [-0.4, -0.2) is 16.8 Å². The fourth-order valence-corrected chi connectivity index (χ4v) is 2.81. The van der Waals surface area contributed by atoms with Crippen molar-refractivity contribution >= 4 is 21.8 Å². The Morgan fingerprint density at radius 2 is 1.88 bits per heavy atom. The lowest BCUT2D eigenvalue weighted by Crippen LogP contribution is -2.42. The van der Waals surface area contributed by atoms with Gasteiger partial charge in [0.2, 0.25) is 0 Å². The second kappa shape index (κ2) is 5.48. The lowest BCUT2D eigenvalue weighted by molar-refractivity contribution is 0.0930. The summed E-state index contributed by atoms with van der Waals surface area (Å²) in [7, 11) is 0. The molecule has 1 aliphatic carbocycles. The van der Waals surface area contributed by atoms with Crippen LogP contribution < -0.4 is 5.32 Å². The smallest absolute Gasteiger partial charge is 0.251 e. The number of hydrogen-bond acceptors (Lipinski definition) is 1. The van der Waals surface area contributed by atoms with Crippen molar-refractivity contribution in [3.63, 3.8) is 0 Å². The molecule has 2 nitrogen and oxygen atoms in total. The molecule has 3 heteroatoms. The van der Waals surface area contributed by atoms with E-state index in [-0.39, 0.29) is 11.9 Å². The monoisotopic (exact) mass is 281 g/mol. The Balaban J connectivity index is 1.96. The van der Waals surface area contributed by atoms with Crippen molar-refractivity contribution in [1.29, 1.82) is 0 Å². The van der Waals surface area contributed by atoms with Gasteiger partial charge in [-0.3, -0.25) is 4.79 Å². The molecule has 1 saturated carbocycles. The maximum Gasteiger partial charge on any atom is 0.251 e. The van der Waals surface area contributed by atoms with Gasteiger partial charge in [-0.25, -0.2) is 0 Å². The summed E-state index contributed by atoms with van der Waals surface area (Å²) in [5, 5.41) is 3.10. The van der Waals surface area contributed by atoms with E-state index in [4.69, 9.17) is 0 Å². The van der Waals surface area contributed by atoms with Crippen molar-refractivity contribution in [2.75, 3.05) is 0 Å². The molecular weight excluding hydrogens is 266 g/mol. The first-order valence-electron chi connectivity index (χ1n) is 5.77. The predicted octanol–water partition coefficient (Wildman–Crippen LogP) is 3.12. The van der Waals surface area contributed by atoms with Gasteiger partial charge in [0.25, 0.3) is 5.91 Å². The summed E-state index contributed by atoms with van der Waals surface area (Å²) in [4.78, 5) is 12.4. The number of halogens is 1. The number of nitrogens with one attached hydrogen (secondary N) is 1. The lowest BCUT2D eigenvalue weighted by Gasteiger charge is -2.28. The lowest BCUT2D eigenvalue weighted by atomic mass is 9.95. The Morgan fingerprint density at radius 1 is 1.19 bits per heavy atom. The Kier molecular flexibility index (Phi) is 3.99. The molecule has 0 bridgehead atoms. The summed E-state index contributed by atoms with van der Waals surface area (Å²) < 4.78 is 0. The fourth-order valence-electron chi connectivity index (χ4n) is 2.09. The molecule has 1 aromatic carbocycles. The normalized spacial score (nSPS) is 25.1. The van der Waals surface area contributed by atoms with Gasteiger partial charge in [-0.05, 0) is 25.0 Å². The molecule has 1 aliphatic rings. The van der Waals surface area contributed by atoms with E-state index in [1.54, 1.807) is 0 Å². The topological polar surface area (TPSA) is 29.1 Å². The SMILES string of the molecule is O=C(NC1CCCC[C@@H]1Br)c1ccccc1. The van der Waals surface area contributed by atoms with Gasteiger partial charge in [-0.15, -0.1) is 0 Å². The second-order valence-corrected chi connectivity index (χ2v) is 5.42. The van der Waals surface area contributed by atoms with Crippen LogP contribution in [0.25, 0.3) is 0 Å². The highest BCUT2D eigenvalue weighted by atomic mass is 79.9. The molecule has 0 spiro atoms. The van der Waals surface area contributed by atoms with E-state index < -0.39 is 0 Å². The zero-order valence-corrected chi connectivity index (χ0v) is 10.7. The van der Waals surface area contributed by atoms with Crippen molar-refractivity contribution < 1.29 is 4.79 Å². The van der Waals surface area contributed by atoms with Crippen LogP contribution >= 0.6 is 15.9 Å². The van der Waals surface area contributed by atoms with Gasteiger partial charge >= 0.3 is 0 Å². The molecule has 1 amide bonds. The molecule has 0 saturated heterocycles. The number of benzene rings is 1. The Hall–Kier alpha value is -0.830. The molecule has 1 N–H and O–H groups in total. The van der Waals surface area contributed by atoms with Crippen molar-refractivity contribution in [2.45, 2.75) is 36.6 Å². The highest BCUT2D eigenvalue weighted by molar-refractivity contribution is 9.09. The van der Waals surface area contributed by atoms with Crippen LogP contribution in [0.1, 0.15) is 36.0 Å². The average molecular weight is 282 g/mol. The number of amides is 1. The van der Waals surface area contributed by atoms with E-state index in [1.807, 2.05) is 30.3 Å². The van der Waals surface area contributed by atoms with Crippen LogP contribution in [0.3, 0.4) is 0 Å². The summed E-state index contributed by atoms with van der Waals surface area (Å²) >= 11 is 3.64. The highest BCUT2D eigenvalue weighted by Crippen LogP contribution is 2.24. The maximum absolute atomic E-state index is 11.9. The Labute approximate surface area is 105 Å². The van der Waals surface area contributed by atoms with E-state index in [2.05, 4.69) is 21.2 Å². The molecule has 1 unspecified atom stereocenters. The highest BCUT2D eigenvalue weighted by Gasteiger charge is 2.24. The first-order chi connectivity index (χ1) is 7.77. The fraction of sp³-hybridized carbons (Fsp3) is 0.462. The van der Waals surface area contributed by atoms with Gasteiger partial charge in [-0.1, -0.05) is 47.0 Å². The van der Waals surface area contributed by atoms with Gasteiger partial charge in [0.05, 0.1) is 0 Å². The van der Waals surface area contributed by atoms with Crippen molar-refractivity contribution in [1.82, 2.24) is 5.32 Å². The third-order valence-electron chi connectivity index (χ3n) is 3.03. The zero-order valence-electron chi connectivity index (χ0n) is 9.16. The summed E-state index contributed by atoms with van der Waals surface area (Å²) in [6.45, 7) is 0.